The van der Waals surface area contributed by atoms with E-state index in [-0.39, 0.29) is 5.82 Å². The largest absolute Gasteiger partial charge is 0.457 e. The maximum atomic E-state index is 12.9. The van der Waals surface area contributed by atoms with Crippen LogP contribution in [0.4, 0.5) is 4.39 Å². The Bertz CT molecular complexity index is 839. The van der Waals surface area contributed by atoms with Crippen molar-refractivity contribution in [2.75, 3.05) is 0 Å². The van der Waals surface area contributed by atoms with Crippen LogP contribution >= 0.6 is 0 Å². The third-order valence-corrected chi connectivity index (χ3v) is 3.33. The molecule has 0 saturated heterocycles. The molecule has 0 aliphatic carbocycles. The van der Waals surface area contributed by atoms with E-state index in [0.717, 1.165) is 5.56 Å². The van der Waals surface area contributed by atoms with Crippen molar-refractivity contribution >= 4 is 5.91 Å². The normalized spacial score (nSPS) is 10.5. The van der Waals surface area contributed by atoms with Crippen molar-refractivity contribution in [2.24, 2.45) is 12.8 Å². The average Bonchev–Trinajstić information content (AvgIpc) is 2.92. The van der Waals surface area contributed by atoms with Gasteiger partial charge in [-0.15, -0.1) is 0 Å². The van der Waals surface area contributed by atoms with E-state index < -0.39 is 5.91 Å². The van der Waals surface area contributed by atoms with Gasteiger partial charge in [-0.05, 0) is 54.6 Å². The van der Waals surface area contributed by atoms with Gasteiger partial charge in [-0.3, -0.25) is 9.48 Å². The van der Waals surface area contributed by atoms with Gasteiger partial charge in [-0.2, -0.15) is 5.10 Å². The standard InChI is InChI=1S/C17H14FN3O2/c1-21-16(17(19)22)10-15(20-21)11-2-6-13(7-3-11)23-14-8-4-12(18)5-9-14/h2-10H,1H3,(H2,19,22). The number of carbonyl (C=O) groups is 1. The first-order valence-corrected chi connectivity index (χ1v) is 6.90. The molecule has 0 radical (unpaired) electrons. The zero-order chi connectivity index (χ0) is 16.4. The number of aryl methyl sites for hydroxylation is 1. The maximum Gasteiger partial charge on any atom is 0.266 e. The first-order chi connectivity index (χ1) is 11.0. The molecule has 0 atom stereocenters. The number of primary amides is 1. The molecule has 0 bridgehead atoms. The van der Waals surface area contributed by atoms with Gasteiger partial charge in [0, 0.05) is 12.6 Å². The number of amides is 1. The van der Waals surface area contributed by atoms with E-state index in [1.54, 1.807) is 37.4 Å². The molecule has 116 valence electrons. The summed E-state index contributed by atoms with van der Waals surface area (Å²) in [4.78, 5) is 11.3. The fraction of sp³-hybridized carbons (Fsp3) is 0.0588. The molecule has 2 N–H and O–H groups in total. The predicted molar refractivity (Wildman–Crippen MR) is 83.6 cm³/mol. The number of aromatic nitrogens is 2. The van der Waals surface area contributed by atoms with E-state index in [9.17, 15) is 9.18 Å². The Morgan fingerprint density at radius 3 is 2.17 bits per heavy atom. The second-order valence-corrected chi connectivity index (χ2v) is 4.98. The number of hydrogen-bond donors (Lipinski definition) is 1. The lowest BCUT2D eigenvalue weighted by molar-refractivity contribution is 0.0991. The number of carbonyl (C=O) groups excluding carboxylic acids is 1. The van der Waals surface area contributed by atoms with Gasteiger partial charge in [-0.25, -0.2) is 4.39 Å². The molecule has 1 heterocycles. The zero-order valence-corrected chi connectivity index (χ0v) is 12.4. The van der Waals surface area contributed by atoms with Crippen molar-refractivity contribution < 1.29 is 13.9 Å². The predicted octanol–water partition coefficient (Wildman–Crippen LogP) is 3.12. The highest BCUT2D eigenvalue weighted by Crippen LogP contribution is 2.25. The Labute approximate surface area is 132 Å². The monoisotopic (exact) mass is 311 g/mol. The molecule has 0 fully saturated rings. The summed E-state index contributed by atoms with van der Waals surface area (Å²) in [6.07, 6.45) is 0. The van der Waals surface area contributed by atoms with Crippen molar-refractivity contribution in [2.45, 2.75) is 0 Å². The van der Waals surface area contributed by atoms with Gasteiger partial charge in [0.15, 0.2) is 0 Å². The lowest BCUT2D eigenvalue weighted by Gasteiger charge is -2.06. The Morgan fingerprint density at radius 2 is 1.65 bits per heavy atom. The highest BCUT2D eigenvalue weighted by molar-refractivity contribution is 5.92. The summed E-state index contributed by atoms with van der Waals surface area (Å²) >= 11 is 0. The van der Waals surface area contributed by atoms with Crippen LogP contribution in [0.25, 0.3) is 11.3 Å². The number of nitrogens with zero attached hydrogens (tertiary/aromatic N) is 2. The number of nitrogens with two attached hydrogens (primary N) is 1. The molecule has 1 aromatic heterocycles. The van der Waals surface area contributed by atoms with Gasteiger partial charge >= 0.3 is 0 Å². The lowest BCUT2D eigenvalue weighted by Crippen LogP contribution is -2.15. The molecule has 0 aliphatic rings. The molecule has 5 nitrogen and oxygen atoms in total. The van der Waals surface area contributed by atoms with Crippen LogP contribution in [0, 0.1) is 5.82 Å². The molecular weight excluding hydrogens is 297 g/mol. The second-order valence-electron chi connectivity index (χ2n) is 4.98. The molecule has 0 saturated carbocycles. The molecule has 6 heteroatoms. The Kier molecular flexibility index (Phi) is 3.80. The molecule has 2 aromatic carbocycles. The van der Waals surface area contributed by atoms with Crippen LogP contribution in [-0.2, 0) is 7.05 Å². The topological polar surface area (TPSA) is 70.1 Å². The summed E-state index contributed by atoms with van der Waals surface area (Å²) in [6, 6.07) is 14.6. The molecule has 3 aromatic rings. The van der Waals surface area contributed by atoms with Gasteiger partial charge < -0.3 is 10.5 Å². The Morgan fingerprint density at radius 1 is 1.09 bits per heavy atom. The molecule has 0 spiro atoms. The van der Waals surface area contributed by atoms with Crippen molar-refractivity contribution in [3.63, 3.8) is 0 Å². The minimum atomic E-state index is -0.525. The molecule has 1 amide bonds. The minimum absolute atomic E-state index is 0.312. The van der Waals surface area contributed by atoms with E-state index >= 15 is 0 Å². The van der Waals surface area contributed by atoms with E-state index in [2.05, 4.69) is 5.10 Å². The SMILES string of the molecule is Cn1nc(-c2ccc(Oc3ccc(F)cc3)cc2)cc1C(N)=O. The van der Waals surface area contributed by atoms with Gasteiger partial charge in [0.1, 0.15) is 23.0 Å². The highest BCUT2D eigenvalue weighted by Gasteiger charge is 2.11. The van der Waals surface area contributed by atoms with Crippen LogP contribution < -0.4 is 10.5 Å². The summed E-state index contributed by atoms with van der Waals surface area (Å²) in [5, 5.41) is 4.26. The number of ether oxygens (including phenoxy) is 1. The molecule has 0 aliphatic heterocycles. The van der Waals surface area contributed by atoms with E-state index in [1.165, 1.54) is 16.8 Å². The Hall–Kier alpha value is -3.15. The summed E-state index contributed by atoms with van der Waals surface area (Å²) in [5.74, 6) is 0.329. The van der Waals surface area contributed by atoms with Crippen LogP contribution in [0.15, 0.2) is 54.6 Å². The minimum Gasteiger partial charge on any atom is -0.457 e. The average molecular weight is 311 g/mol. The molecular formula is C17H14FN3O2. The van der Waals surface area contributed by atoms with Gasteiger partial charge in [0.2, 0.25) is 0 Å². The first kappa shape index (κ1) is 14.8. The van der Waals surface area contributed by atoms with Crippen molar-refractivity contribution in [1.29, 1.82) is 0 Å². The van der Waals surface area contributed by atoms with E-state index in [0.29, 0.717) is 22.9 Å². The quantitative estimate of drug-likeness (QED) is 0.805. The summed E-state index contributed by atoms with van der Waals surface area (Å²) < 4.78 is 19.9. The van der Waals surface area contributed by atoms with Crippen molar-refractivity contribution in [1.82, 2.24) is 9.78 Å². The smallest absolute Gasteiger partial charge is 0.266 e. The van der Waals surface area contributed by atoms with E-state index in [1.807, 2.05) is 12.1 Å². The first-order valence-electron chi connectivity index (χ1n) is 6.90. The van der Waals surface area contributed by atoms with Crippen LogP contribution in [0.2, 0.25) is 0 Å². The number of hydrogen-bond acceptors (Lipinski definition) is 3. The maximum absolute atomic E-state index is 12.9. The molecule has 0 unspecified atom stereocenters. The zero-order valence-electron chi connectivity index (χ0n) is 12.4. The number of benzene rings is 2. The number of halogens is 1. The summed E-state index contributed by atoms with van der Waals surface area (Å²) in [7, 11) is 1.66. The van der Waals surface area contributed by atoms with E-state index in [4.69, 9.17) is 10.5 Å². The fourth-order valence-corrected chi connectivity index (χ4v) is 2.17. The van der Waals surface area contributed by atoms with Crippen LogP contribution in [0.1, 0.15) is 10.5 Å². The third kappa shape index (κ3) is 3.21. The van der Waals surface area contributed by atoms with Gasteiger partial charge in [-0.1, -0.05) is 0 Å². The van der Waals surface area contributed by atoms with Gasteiger partial charge in [0.05, 0.1) is 5.69 Å². The highest BCUT2D eigenvalue weighted by atomic mass is 19.1. The van der Waals surface area contributed by atoms with Crippen molar-refractivity contribution in [3.8, 4) is 22.8 Å². The van der Waals surface area contributed by atoms with Crippen LogP contribution in [0.5, 0.6) is 11.5 Å². The third-order valence-electron chi connectivity index (χ3n) is 3.33. The summed E-state index contributed by atoms with van der Waals surface area (Å²) in [6.45, 7) is 0. The van der Waals surface area contributed by atoms with Gasteiger partial charge in [0.25, 0.3) is 5.91 Å². The van der Waals surface area contributed by atoms with Crippen LogP contribution in [-0.4, -0.2) is 15.7 Å². The lowest BCUT2D eigenvalue weighted by atomic mass is 10.1. The van der Waals surface area contributed by atoms with Crippen LogP contribution in [0.3, 0.4) is 0 Å². The van der Waals surface area contributed by atoms with Crippen molar-refractivity contribution in [3.05, 3.63) is 66.1 Å². The Balaban J connectivity index is 1.80. The summed E-state index contributed by atoms with van der Waals surface area (Å²) in [5.41, 5.74) is 7.10. The number of rotatable bonds is 4. The molecule has 23 heavy (non-hydrogen) atoms. The fourth-order valence-electron chi connectivity index (χ4n) is 2.17. The second kappa shape index (κ2) is 5.92. The molecule has 3 rings (SSSR count).